The Bertz CT molecular complexity index is 892. The van der Waals surface area contributed by atoms with E-state index in [0.717, 1.165) is 12.1 Å². The number of hydrogen-bond acceptors (Lipinski definition) is 5. The van der Waals surface area contributed by atoms with Crippen LogP contribution in [0, 0.1) is 5.82 Å². The molecule has 1 aliphatic rings. The van der Waals surface area contributed by atoms with Gasteiger partial charge in [-0.05, 0) is 30.3 Å². The van der Waals surface area contributed by atoms with Crippen molar-refractivity contribution in [3.05, 3.63) is 58.6 Å². The van der Waals surface area contributed by atoms with E-state index in [1.807, 2.05) is 0 Å². The number of amidine groups is 1. The number of alkyl halides is 2. The number of nitrogens with one attached hydrogen (secondary N) is 1. The van der Waals surface area contributed by atoms with Gasteiger partial charge in [0.2, 0.25) is 0 Å². The van der Waals surface area contributed by atoms with Crippen LogP contribution < -0.4 is 11.1 Å². The van der Waals surface area contributed by atoms with Gasteiger partial charge in [0.1, 0.15) is 24.0 Å². The molecule has 1 aromatic carbocycles. The van der Waals surface area contributed by atoms with Crippen molar-refractivity contribution in [1.29, 1.82) is 0 Å². The first-order valence-corrected chi connectivity index (χ1v) is 8.12. The quantitative estimate of drug-likeness (QED) is 0.828. The lowest BCUT2D eigenvalue weighted by atomic mass is 9.90. The fraction of sp³-hybridized carbons (Fsp3) is 0.235. The Labute approximate surface area is 157 Å². The first kappa shape index (κ1) is 19.1. The van der Waals surface area contributed by atoms with Crippen LogP contribution in [0.1, 0.15) is 16.1 Å². The Morgan fingerprint density at radius 2 is 2.11 bits per heavy atom. The van der Waals surface area contributed by atoms with Gasteiger partial charge in [-0.3, -0.25) is 9.79 Å². The van der Waals surface area contributed by atoms with Gasteiger partial charge in [-0.1, -0.05) is 11.6 Å². The van der Waals surface area contributed by atoms with Crippen LogP contribution in [-0.4, -0.2) is 36.4 Å². The number of ether oxygens (including phenoxy) is 1. The summed E-state index contributed by atoms with van der Waals surface area (Å²) in [6.07, 6.45) is -1.79. The SMILES string of the molecule is NC1=N[C@@](c2cc(NC(=O)c3ccc(Cl)cn3)ccc2F)(C(F)F)COC1. The number of nitrogens with two attached hydrogens (primary N) is 1. The average Bonchev–Trinajstić information content (AvgIpc) is 2.63. The number of carbonyl (C=O) groups excluding carboxylic acids is 1. The molecule has 0 radical (unpaired) electrons. The lowest BCUT2D eigenvalue weighted by molar-refractivity contribution is -0.0145. The van der Waals surface area contributed by atoms with E-state index in [2.05, 4.69) is 15.3 Å². The van der Waals surface area contributed by atoms with E-state index < -0.39 is 35.9 Å². The van der Waals surface area contributed by atoms with E-state index in [1.165, 1.54) is 24.4 Å². The standard InChI is InChI=1S/C17H14ClF3N4O2/c18-9-1-4-13(23-6-9)15(26)24-10-2-3-12(19)11(5-10)17(16(20)21)8-27-7-14(22)25-17/h1-6,16H,7-8H2,(H2,22,25)(H,24,26)/t17-/m0/s1. The van der Waals surface area contributed by atoms with E-state index >= 15 is 0 Å². The fourth-order valence-electron chi connectivity index (χ4n) is 2.64. The highest BCUT2D eigenvalue weighted by molar-refractivity contribution is 6.30. The van der Waals surface area contributed by atoms with Crippen molar-refractivity contribution in [3.63, 3.8) is 0 Å². The monoisotopic (exact) mass is 398 g/mol. The second kappa shape index (κ2) is 7.53. The van der Waals surface area contributed by atoms with Crippen molar-refractivity contribution in [1.82, 2.24) is 4.98 Å². The Hall–Kier alpha value is -2.65. The lowest BCUT2D eigenvalue weighted by Crippen LogP contribution is -2.45. The van der Waals surface area contributed by atoms with Crippen LogP contribution in [0.4, 0.5) is 18.9 Å². The minimum Gasteiger partial charge on any atom is -0.385 e. The smallest absolute Gasteiger partial charge is 0.274 e. The molecule has 0 saturated carbocycles. The Balaban J connectivity index is 1.95. The topological polar surface area (TPSA) is 89.6 Å². The summed E-state index contributed by atoms with van der Waals surface area (Å²) in [6, 6.07) is 6.15. The fourth-order valence-corrected chi connectivity index (χ4v) is 2.75. The molecule has 3 N–H and O–H groups in total. The predicted molar refractivity (Wildman–Crippen MR) is 93.7 cm³/mol. The summed E-state index contributed by atoms with van der Waals surface area (Å²) in [5.41, 5.74) is 2.95. The van der Waals surface area contributed by atoms with Gasteiger partial charge in [-0.15, -0.1) is 0 Å². The molecule has 1 atom stereocenters. The van der Waals surface area contributed by atoms with Gasteiger partial charge in [-0.2, -0.15) is 0 Å². The van der Waals surface area contributed by atoms with Crippen LogP contribution in [0.2, 0.25) is 5.02 Å². The molecule has 6 nitrogen and oxygen atoms in total. The molecule has 10 heteroatoms. The van der Waals surface area contributed by atoms with Crippen LogP contribution in [0.25, 0.3) is 0 Å². The van der Waals surface area contributed by atoms with Crippen molar-refractivity contribution in [2.24, 2.45) is 10.7 Å². The van der Waals surface area contributed by atoms with Crippen LogP contribution >= 0.6 is 11.6 Å². The molecule has 0 unspecified atom stereocenters. The van der Waals surface area contributed by atoms with Gasteiger partial charge in [0.05, 0.1) is 11.6 Å². The molecular weight excluding hydrogens is 385 g/mol. The maximum atomic E-state index is 14.4. The number of amides is 1. The largest absolute Gasteiger partial charge is 0.385 e. The molecule has 2 heterocycles. The van der Waals surface area contributed by atoms with Crippen LogP contribution in [0.15, 0.2) is 41.5 Å². The van der Waals surface area contributed by atoms with E-state index in [-0.39, 0.29) is 23.8 Å². The molecule has 27 heavy (non-hydrogen) atoms. The molecule has 0 bridgehead atoms. The normalized spacial score (nSPS) is 19.7. The third-order valence-corrected chi connectivity index (χ3v) is 4.15. The van der Waals surface area contributed by atoms with Gasteiger partial charge in [0, 0.05) is 17.4 Å². The minimum absolute atomic E-state index is 0.0529. The molecular formula is C17H14ClF3N4O2. The molecule has 1 aliphatic heterocycles. The molecule has 0 fully saturated rings. The Kier molecular flexibility index (Phi) is 5.33. The van der Waals surface area contributed by atoms with Crippen LogP contribution in [0.5, 0.6) is 0 Å². The highest BCUT2D eigenvalue weighted by Gasteiger charge is 2.46. The van der Waals surface area contributed by atoms with Gasteiger partial charge < -0.3 is 15.8 Å². The molecule has 1 aromatic heterocycles. The number of hydrogen-bond donors (Lipinski definition) is 2. The van der Waals surface area contributed by atoms with E-state index in [0.29, 0.717) is 5.02 Å². The van der Waals surface area contributed by atoms with Gasteiger partial charge in [-0.25, -0.2) is 18.2 Å². The average molecular weight is 399 g/mol. The summed E-state index contributed by atoms with van der Waals surface area (Å²) in [7, 11) is 0. The number of benzene rings is 1. The zero-order valence-corrected chi connectivity index (χ0v) is 14.5. The molecule has 142 valence electrons. The number of aromatic nitrogens is 1. The molecule has 0 aliphatic carbocycles. The molecule has 0 spiro atoms. The first-order chi connectivity index (χ1) is 12.8. The summed E-state index contributed by atoms with van der Waals surface area (Å²) < 4.78 is 47.0. The maximum Gasteiger partial charge on any atom is 0.274 e. The number of carbonyl (C=O) groups is 1. The van der Waals surface area contributed by atoms with Crippen molar-refractivity contribution in [3.8, 4) is 0 Å². The second-order valence-electron chi connectivity index (χ2n) is 5.83. The minimum atomic E-state index is -3.07. The summed E-state index contributed by atoms with van der Waals surface area (Å²) >= 11 is 5.72. The Morgan fingerprint density at radius 3 is 2.74 bits per heavy atom. The Morgan fingerprint density at radius 1 is 1.33 bits per heavy atom. The summed E-state index contributed by atoms with van der Waals surface area (Å²) in [5, 5.41) is 2.82. The van der Waals surface area contributed by atoms with Gasteiger partial charge in [0.15, 0.2) is 5.54 Å². The number of anilines is 1. The lowest BCUT2D eigenvalue weighted by Gasteiger charge is -2.33. The third-order valence-electron chi connectivity index (χ3n) is 3.93. The summed E-state index contributed by atoms with van der Waals surface area (Å²) in [6.45, 7) is -0.660. The second-order valence-corrected chi connectivity index (χ2v) is 6.27. The summed E-state index contributed by atoms with van der Waals surface area (Å²) in [5.74, 6) is -1.70. The number of rotatable bonds is 4. The number of aliphatic imine (C=N–C) groups is 1. The highest BCUT2D eigenvalue weighted by atomic mass is 35.5. The molecule has 0 saturated heterocycles. The third kappa shape index (κ3) is 3.88. The summed E-state index contributed by atoms with van der Waals surface area (Å²) in [4.78, 5) is 19.9. The van der Waals surface area contributed by atoms with Crippen molar-refractivity contribution in [2.75, 3.05) is 18.5 Å². The molecule has 2 aromatic rings. The maximum absolute atomic E-state index is 14.4. The zero-order chi connectivity index (χ0) is 19.6. The van der Waals surface area contributed by atoms with E-state index in [9.17, 15) is 18.0 Å². The van der Waals surface area contributed by atoms with Crippen molar-refractivity contribution < 1.29 is 22.7 Å². The van der Waals surface area contributed by atoms with Gasteiger partial charge >= 0.3 is 0 Å². The number of pyridine rings is 1. The first-order valence-electron chi connectivity index (χ1n) is 7.75. The molecule has 1 amide bonds. The number of nitrogens with zero attached hydrogens (tertiary/aromatic N) is 2. The molecule has 3 rings (SSSR count). The predicted octanol–water partition coefficient (Wildman–Crippen LogP) is 2.97. The van der Waals surface area contributed by atoms with E-state index in [4.69, 9.17) is 22.1 Å². The highest BCUT2D eigenvalue weighted by Crippen LogP contribution is 2.37. The number of halogens is 4. The van der Waals surface area contributed by atoms with Crippen molar-refractivity contribution in [2.45, 2.75) is 12.0 Å². The van der Waals surface area contributed by atoms with Crippen molar-refractivity contribution >= 4 is 29.0 Å². The zero-order valence-electron chi connectivity index (χ0n) is 13.8. The van der Waals surface area contributed by atoms with Crippen LogP contribution in [-0.2, 0) is 10.3 Å². The van der Waals surface area contributed by atoms with E-state index in [1.54, 1.807) is 0 Å². The van der Waals surface area contributed by atoms with Gasteiger partial charge in [0.25, 0.3) is 12.3 Å². The van der Waals surface area contributed by atoms with Crippen LogP contribution in [0.3, 0.4) is 0 Å².